The summed E-state index contributed by atoms with van der Waals surface area (Å²) < 4.78 is 10.6. The largest absolute Gasteiger partial charge is 0.497 e. The highest BCUT2D eigenvalue weighted by molar-refractivity contribution is 7.11. The molecule has 0 saturated carbocycles. The number of anilines is 1. The molecule has 0 unspecified atom stereocenters. The smallest absolute Gasteiger partial charge is 0.278 e. The second kappa shape index (κ2) is 4.40. The molecule has 0 aliphatic carbocycles. The maximum atomic E-state index is 5.82. The van der Waals surface area contributed by atoms with E-state index in [1.165, 1.54) is 11.3 Å². The number of aromatic nitrogens is 1. The van der Waals surface area contributed by atoms with Crippen LogP contribution in [0.4, 0.5) is 5.69 Å². The monoisotopic (exact) mass is 236 g/mol. The zero-order valence-electron chi connectivity index (χ0n) is 9.06. The predicted octanol–water partition coefficient (Wildman–Crippen LogP) is 2.83. The maximum absolute atomic E-state index is 5.82. The van der Waals surface area contributed by atoms with Crippen LogP contribution in [0.1, 0.15) is 5.69 Å². The van der Waals surface area contributed by atoms with Crippen LogP contribution < -0.4 is 15.2 Å². The molecule has 1 aromatic carbocycles. The Morgan fingerprint density at radius 2 is 2.19 bits per heavy atom. The van der Waals surface area contributed by atoms with Gasteiger partial charge in [0.25, 0.3) is 5.19 Å². The molecule has 16 heavy (non-hydrogen) atoms. The lowest BCUT2D eigenvalue weighted by Crippen LogP contribution is -1.93. The van der Waals surface area contributed by atoms with E-state index in [-0.39, 0.29) is 0 Å². The van der Waals surface area contributed by atoms with Gasteiger partial charge in [0.15, 0.2) is 5.75 Å². The molecule has 1 heterocycles. The Balaban J connectivity index is 2.21. The minimum Gasteiger partial charge on any atom is -0.497 e. The summed E-state index contributed by atoms with van der Waals surface area (Å²) in [6.45, 7) is 1.92. The SMILES string of the molecule is COc1ccc(Oc2nc(C)cs2)c(N)c1. The number of methoxy groups -OCH3 is 1. The fraction of sp³-hybridized carbons (Fsp3) is 0.182. The molecular formula is C11H12N2O2S. The predicted molar refractivity (Wildman–Crippen MR) is 64.3 cm³/mol. The zero-order chi connectivity index (χ0) is 11.5. The van der Waals surface area contributed by atoms with E-state index in [1.807, 2.05) is 12.3 Å². The van der Waals surface area contributed by atoms with Gasteiger partial charge in [-0.1, -0.05) is 11.3 Å². The van der Waals surface area contributed by atoms with Gasteiger partial charge in [-0.15, -0.1) is 0 Å². The summed E-state index contributed by atoms with van der Waals surface area (Å²) >= 11 is 1.44. The number of ether oxygens (including phenoxy) is 2. The molecule has 0 spiro atoms. The number of nitrogens with two attached hydrogens (primary N) is 1. The molecule has 84 valence electrons. The van der Waals surface area contributed by atoms with Crippen molar-refractivity contribution in [3.05, 3.63) is 29.3 Å². The highest BCUT2D eigenvalue weighted by atomic mass is 32.1. The lowest BCUT2D eigenvalue weighted by molar-refractivity contribution is 0.413. The van der Waals surface area contributed by atoms with Crippen molar-refractivity contribution in [3.63, 3.8) is 0 Å². The van der Waals surface area contributed by atoms with E-state index in [0.29, 0.717) is 22.4 Å². The molecule has 4 nitrogen and oxygen atoms in total. The molecule has 2 rings (SSSR count). The molecule has 0 aliphatic rings. The summed E-state index contributed by atoms with van der Waals surface area (Å²) in [4.78, 5) is 4.20. The second-order valence-corrected chi connectivity index (χ2v) is 4.08. The number of rotatable bonds is 3. The lowest BCUT2D eigenvalue weighted by atomic mass is 10.3. The molecular weight excluding hydrogens is 224 g/mol. The maximum Gasteiger partial charge on any atom is 0.278 e. The molecule has 2 N–H and O–H groups in total. The Kier molecular flexibility index (Phi) is 2.96. The summed E-state index contributed by atoms with van der Waals surface area (Å²) in [6.07, 6.45) is 0. The van der Waals surface area contributed by atoms with Gasteiger partial charge in [0.1, 0.15) is 5.75 Å². The highest BCUT2D eigenvalue weighted by Gasteiger charge is 2.06. The molecule has 2 aromatic rings. The minimum absolute atomic E-state index is 0.534. The fourth-order valence-electron chi connectivity index (χ4n) is 1.22. The fourth-order valence-corrected chi connectivity index (χ4v) is 1.88. The van der Waals surface area contributed by atoms with Crippen LogP contribution in [0.25, 0.3) is 0 Å². The van der Waals surface area contributed by atoms with E-state index in [4.69, 9.17) is 15.2 Å². The molecule has 0 atom stereocenters. The van der Waals surface area contributed by atoms with Gasteiger partial charge in [-0.2, -0.15) is 0 Å². The number of hydrogen-bond donors (Lipinski definition) is 1. The summed E-state index contributed by atoms with van der Waals surface area (Å²) in [5.41, 5.74) is 7.29. The van der Waals surface area contributed by atoms with Crippen molar-refractivity contribution in [3.8, 4) is 16.7 Å². The number of benzene rings is 1. The number of nitrogen functional groups attached to an aromatic ring is 1. The lowest BCUT2D eigenvalue weighted by Gasteiger charge is -2.07. The molecule has 0 bridgehead atoms. The molecule has 0 aliphatic heterocycles. The van der Waals surface area contributed by atoms with Crippen molar-refractivity contribution in [1.29, 1.82) is 0 Å². The third kappa shape index (κ3) is 2.25. The molecule has 0 amide bonds. The van der Waals surface area contributed by atoms with Crippen LogP contribution in [0, 0.1) is 6.92 Å². The van der Waals surface area contributed by atoms with Gasteiger partial charge in [-0.3, -0.25) is 0 Å². The first-order valence-corrected chi connectivity index (χ1v) is 5.60. The molecule has 1 aromatic heterocycles. The van der Waals surface area contributed by atoms with E-state index >= 15 is 0 Å². The first kappa shape index (κ1) is 10.8. The van der Waals surface area contributed by atoms with E-state index in [2.05, 4.69) is 4.98 Å². The zero-order valence-corrected chi connectivity index (χ0v) is 9.88. The first-order valence-electron chi connectivity index (χ1n) is 4.72. The Labute approximate surface area is 97.6 Å². The van der Waals surface area contributed by atoms with Gasteiger partial charge in [-0.25, -0.2) is 4.98 Å². The molecule has 0 radical (unpaired) electrons. The Bertz CT molecular complexity index is 496. The third-order valence-electron chi connectivity index (χ3n) is 2.01. The van der Waals surface area contributed by atoms with Crippen LogP contribution in [-0.2, 0) is 0 Å². The van der Waals surface area contributed by atoms with E-state index in [0.717, 1.165) is 5.69 Å². The first-order chi connectivity index (χ1) is 7.69. The van der Waals surface area contributed by atoms with Crippen LogP contribution in [0.2, 0.25) is 0 Å². The van der Waals surface area contributed by atoms with E-state index < -0.39 is 0 Å². The summed E-state index contributed by atoms with van der Waals surface area (Å²) in [7, 11) is 1.60. The van der Waals surface area contributed by atoms with Crippen LogP contribution in [0.3, 0.4) is 0 Å². The van der Waals surface area contributed by atoms with Gasteiger partial charge in [0, 0.05) is 11.4 Å². The van der Waals surface area contributed by atoms with Gasteiger partial charge < -0.3 is 15.2 Å². The number of thiazole rings is 1. The number of hydrogen-bond acceptors (Lipinski definition) is 5. The second-order valence-electron chi connectivity index (χ2n) is 3.26. The summed E-state index contributed by atoms with van der Waals surface area (Å²) in [5.74, 6) is 1.30. The van der Waals surface area contributed by atoms with Crippen molar-refractivity contribution < 1.29 is 9.47 Å². The number of aryl methyl sites for hydroxylation is 1. The third-order valence-corrected chi connectivity index (χ3v) is 2.85. The normalized spacial score (nSPS) is 10.1. The number of nitrogens with zero attached hydrogens (tertiary/aromatic N) is 1. The Hall–Kier alpha value is -1.75. The van der Waals surface area contributed by atoms with Gasteiger partial charge in [-0.05, 0) is 19.1 Å². The van der Waals surface area contributed by atoms with Crippen molar-refractivity contribution in [2.24, 2.45) is 0 Å². The Morgan fingerprint density at radius 3 is 2.75 bits per heavy atom. The summed E-state index contributed by atoms with van der Waals surface area (Å²) in [5, 5.41) is 2.52. The van der Waals surface area contributed by atoms with Crippen LogP contribution in [0.5, 0.6) is 16.7 Å². The summed E-state index contributed by atoms with van der Waals surface area (Å²) in [6, 6.07) is 5.28. The standard InChI is InChI=1S/C11H12N2O2S/c1-7-6-16-11(13-7)15-10-4-3-8(14-2)5-9(10)12/h3-6H,12H2,1-2H3. The van der Waals surface area contributed by atoms with Crippen molar-refractivity contribution in [1.82, 2.24) is 4.98 Å². The average molecular weight is 236 g/mol. The van der Waals surface area contributed by atoms with Crippen LogP contribution in [0.15, 0.2) is 23.6 Å². The highest BCUT2D eigenvalue weighted by Crippen LogP contribution is 2.31. The molecule has 5 heteroatoms. The quantitative estimate of drug-likeness (QED) is 0.832. The van der Waals surface area contributed by atoms with Gasteiger partial charge in [0.2, 0.25) is 0 Å². The van der Waals surface area contributed by atoms with Crippen molar-refractivity contribution >= 4 is 17.0 Å². The van der Waals surface area contributed by atoms with Crippen LogP contribution >= 0.6 is 11.3 Å². The topological polar surface area (TPSA) is 57.4 Å². The van der Waals surface area contributed by atoms with Crippen LogP contribution in [-0.4, -0.2) is 12.1 Å². The molecule has 0 saturated heterocycles. The van der Waals surface area contributed by atoms with E-state index in [1.54, 1.807) is 25.3 Å². The molecule has 0 fully saturated rings. The Morgan fingerprint density at radius 1 is 1.38 bits per heavy atom. The van der Waals surface area contributed by atoms with Gasteiger partial charge in [0.05, 0.1) is 18.5 Å². The van der Waals surface area contributed by atoms with Crippen molar-refractivity contribution in [2.45, 2.75) is 6.92 Å². The average Bonchev–Trinajstić information content (AvgIpc) is 2.67. The van der Waals surface area contributed by atoms with Crippen molar-refractivity contribution in [2.75, 3.05) is 12.8 Å². The van der Waals surface area contributed by atoms with Gasteiger partial charge >= 0.3 is 0 Å². The minimum atomic E-state index is 0.534. The van der Waals surface area contributed by atoms with E-state index in [9.17, 15) is 0 Å².